The van der Waals surface area contributed by atoms with Gasteiger partial charge in [0.2, 0.25) is 0 Å². The van der Waals surface area contributed by atoms with E-state index in [9.17, 15) is 5.11 Å². The molecule has 0 aliphatic carbocycles. The Labute approximate surface area is 155 Å². The summed E-state index contributed by atoms with van der Waals surface area (Å²) in [5.41, 5.74) is 4.10. The highest BCUT2D eigenvalue weighted by molar-refractivity contribution is 7.09. The van der Waals surface area contributed by atoms with E-state index in [1.807, 2.05) is 59.5 Å². The van der Waals surface area contributed by atoms with Gasteiger partial charge in [-0.15, -0.1) is 11.3 Å². The minimum atomic E-state index is 0.134. The number of aryl methyl sites for hydroxylation is 1. The number of thiazole rings is 1. The van der Waals surface area contributed by atoms with E-state index in [1.54, 1.807) is 30.7 Å². The van der Waals surface area contributed by atoms with Crippen LogP contribution in [0, 0.1) is 6.92 Å². The summed E-state index contributed by atoms with van der Waals surface area (Å²) in [4.78, 5) is 4.60. The summed E-state index contributed by atoms with van der Waals surface area (Å²) in [6.45, 7) is 1.97. The zero-order valence-corrected chi connectivity index (χ0v) is 15.2. The fraction of sp³-hybridized carbons (Fsp3) is 0.100. The molecule has 5 nitrogen and oxygen atoms in total. The predicted octanol–water partition coefficient (Wildman–Crippen LogP) is 4.69. The van der Waals surface area contributed by atoms with E-state index in [1.165, 1.54) is 0 Å². The Balaban J connectivity index is 1.97. The zero-order valence-electron chi connectivity index (χ0n) is 14.4. The maximum atomic E-state index is 10.6. The molecule has 130 valence electrons. The van der Waals surface area contributed by atoms with Gasteiger partial charge in [-0.3, -0.25) is 0 Å². The molecule has 0 aliphatic heterocycles. The summed E-state index contributed by atoms with van der Waals surface area (Å²) >= 11 is 1.59. The Bertz CT molecular complexity index is 1050. The number of phenolic OH excluding ortho intramolecular Hbond substituents is 1. The third kappa shape index (κ3) is 2.84. The molecule has 0 fully saturated rings. The Morgan fingerprint density at radius 1 is 1.08 bits per heavy atom. The predicted molar refractivity (Wildman–Crippen MR) is 103 cm³/mol. The largest absolute Gasteiger partial charge is 0.507 e. The third-order valence-corrected chi connectivity index (χ3v) is 4.90. The molecule has 26 heavy (non-hydrogen) atoms. The molecule has 0 saturated heterocycles. The smallest absolute Gasteiger partial charge is 0.128 e. The van der Waals surface area contributed by atoms with Gasteiger partial charge in [-0.25, -0.2) is 9.67 Å². The first-order valence-electron chi connectivity index (χ1n) is 8.10. The highest BCUT2D eigenvalue weighted by atomic mass is 32.1. The molecule has 0 radical (unpaired) electrons. The van der Waals surface area contributed by atoms with Crippen LogP contribution in [-0.4, -0.2) is 27.0 Å². The molecule has 1 N–H and O–H groups in total. The Morgan fingerprint density at radius 3 is 2.54 bits per heavy atom. The highest BCUT2D eigenvalue weighted by Gasteiger charge is 2.20. The van der Waals surface area contributed by atoms with Crippen LogP contribution in [0.15, 0.2) is 60.1 Å². The first-order valence-corrected chi connectivity index (χ1v) is 8.98. The number of aromatic hydroxyl groups is 1. The lowest BCUT2D eigenvalue weighted by Crippen LogP contribution is -1.99. The van der Waals surface area contributed by atoms with E-state index in [-0.39, 0.29) is 5.75 Å². The van der Waals surface area contributed by atoms with E-state index in [0.717, 1.165) is 27.6 Å². The average molecular weight is 363 g/mol. The van der Waals surface area contributed by atoms with Crippen LogP contribution in [0.5, 0.6) is 11.5 Å². The molecule has 2 aromatic heterocycles. The summed E-state index contributed by atoms with van der Waals surface area (Å²) < 4.78 is 7.03. The van der Waals surface area contributed by atoms with Gasteiger partial charge in [0.1, 0.15) is 11.5 Å². The second kappa shape index (κ2) is 6.65. The lowest BCUT2D eigenvalue weighted by atomic mass is 10.0. The van der Waals surface area contributed by atoms with Crippen LogP contribution in [0.3, 0.4) is 0 Å². The van der Waals surface area contributed by atoms with Gasteiger partial charge in [0.15, 0.2) is 0 Å². The van der Waals surface area contributed by atoms with Gasteiger partial charge in [0.25, 0.3) is 0 Å². The summed E-state index contributed by atoms with van der Waals surface area (Å²) in [5.74, 6) is 0.735. The second-order valence-corrected chi connectivity index (χ2v) is 6.85. The van der Waals surface area contributed by atoms with Crippen molar-refractivity contribution in [1.29, 1.82) is 0 Å². The number of benzene rings is 2. The van der Waals surface area contributed by atoms with Gasteiger partial charge in [-0.1, -0.05) is 18.2 Å². The van der Waals surface area contributed by atoms with Crippen molar-refractivity contribution in [3.05, 3.63) is 65.1 Å². The molecule has 2 heterocycles. The third-order valence-electron chi connectivity index (χ3n) is 4.12. The maximum absolute atomic E-state index is 10.6. The lowest BCUT2D eigenvalue weighted by Gasteiger charge is -2.12. The number of hydrogen-bond donors (Lipinski definition) is 1. The van der Waals surface area contributed by atoms with E-state index < -0.39 is 0 Å². The Kier molecular flexibility index (Phi) is 4.18. The zero-order chi connectivity index (χ0) is 18.1. The Morgan fingerprint density at radius 2 is 1.88 bits per heavy atom. The lowest BCUT2D eigenvalue weighted by molar-refractivity contribution is 0.408. The van der Waals surface area contributed by atoms with Crippen molar-refractivity contribution in [2.24, 2.45) is 0 Å². The van der Waals surface area contributed by atoms with Gasteiger partial charge < -0.3 is 9.84 Å². The number of nitrogens with zero attached hydrogens (tertiary/aromatic N) is 3. The van der Waals surface area contributed by atoms with Crippen molar-refractivity contribution < 1.29 is 9.84 Å². The van der Waals surface area contributed by atoms with Crippen molar-refractivity contribution in [2.45, 2.75) is 6.92 Å². The summed E-state index contributed by atoms with van der Waals surface area (Å²) in [7, 11) is 1.58. The van der Waals surface area contributed by atoms with E-state index in [2.05, 4.69) is 10.1 Å². The molecule has 0 unspecified atom stereocenters. The molecular formula is C20H17N3O2S. The van der Waals surface area contributed by atoms with Crippen LogP contribution in [0.2, 0.25) is 0 Å². The van der Waals surface area contributed by atoms with Crippen molar-refractivity contribution in [2.75, 3.05) is 7.11 Å². The number of methoxy groups -OCH3 is 1. The van der Waals surface area contributed by atoms with Crippen molar-refractivity contribution >= 4 is 11.3 Å². The number of para-hydroxylation sites is 1. The summed E-state index contributed by atoms with van der Waals surface area (Å²) in [5, 5.41) is 18.2. The SMILES string of the molecule is COc1ccc(-c2c(-c3csc(C)n3)cnn2-c2ccccc2)c(O)c1. The van der Waals surface area contributed by atoms with Crippen LogP contribution in [0.25, 0.3) is 28.2 Å². The summed E-state index contributed by atoms with van der Waals surface area (Å²) in [6.07, 6.45) is 1.79. The second-order valence-electron chi connectivity index (χ2n) is 5.79. The van der Waals surface area contributed by atoms with Crippen LogP contribution in [-0.2, 0) is 0 Å². The van der Waals surface area contributed by atoms with E-state index in [0.29, 0.717) is 11.3 Å². The molecular weight excluding hydrogens is 346 g/mol. The fourth-order valence-corrected chi connectivity index (χ4v) is 3.50. The van der Waals surface area contributed by atoms with E-state index >= 15 is 0 Å². The maximum Gasteiger partial charge on any atom is 0.128 e. The number of hydrogen-bond acceptors (Lipinski definition) is 5. The minimum absolute atomic E-state index is 0.134. The first-order chi connectivity index (χ1) is 12.7. The minimum Gasteiger partial charge on any atom is -0.507 e. The van der Waals surface area contributed by atoms with Crippen molar-refractivity contribution in [3.8, 4) is 39.7 Å². The molecule has 6 heteroatoms. The Hall–Kier alpha value is -3.12. The molecule has 0 amide bonds. The summed E-state index contributed by atoms with van der Waals surface area (Å²) in [6, 6.07) is 15.1. The molecule has 0 spiro atoms. The molecule has 4 aromatic rings. The van der Waals surface area contributed by atoms with Crippen LogP contribution in [0.4, 0.5) is 0 Å². The number of ether oxygens (including phenoxy) is 1. The van der Waals surface area contributed by atoms with Crippen LogP contribution < -0.4 is 4.74 Å². The first kappa shape index (κ1) is 16.4. The quantitative estimate of drug-likeness (QED) is 0.572. The van der Waals surface area contributed by atoms with Crippen molar-refractivity contribution in [3.63, 3.8) is 0 Å². The number of rotatable bonds is 4. The van der Waals surface area contributed by atoms with Gasteiger partial charge in [-0.2, -0.15) is 5.10 Å². The normalized spacial score (nSPS) is 10.8. The molecule has 0 bridgehead atoms. The van der Waals surface area contributed by atoms with Crippen LogP contribution in [0.1, 0.15) is 5.01 Å². The number of phenols is 1. The highest BCUT2D eigenvalue weighted by Crippen LogP contribution is 2.39. The van der Waals surface area contributed by atoms with E-state index in [4.69, 9.17) is 4.74 Å². The fourth-order valence-electron chi connectivity index (χ4n) is 2.89. The van der Waals surface area contributed by atoms with Gasteiger partial charge >= 0.3 is 0 Å². The molecule has 0 saturated carbocycles. The molecule has 0 atom stereocenters. The standard InChI is InChI=1S/C20H17N3O2S/c1-13-22-18(12-26-13)17-11-21-23(14-6-4-3-5-7-14)20(17)16-9-8-15(25-2)10-19(16)24/h3-12,24H,1-2H3. The molecule has 4 rings (SSSR count). The topological polar surface area (TPSA) is 60.2 Å². The molecule has 2 aromatic carbocycles. The van der Waals surface area contributed by atoms with Gasteiger partial charge in [-0.05, 0) is 31.2 Å². The monoisotopic (exact) mass is 363 g/mol. The van der Waals surface area contributed by atoms with Gasteiger partial charge in [0.05, 0.1) is 35.4 Å². The number of aromatic nitrogens is 3. The average Bonchev–Trinajstić information content (AvgIpc) is 3.28. The van der Waals surface area contributed by atoms with Crippen molar-refractivity contribution in [1.82, 2.24) is 14.8 Å². The van der Waals surface area contributed by atoms with Crippen LogP contribution >= 0.6 is 11.3 Å². The van der Waals surface area contributed by atoms with Gasteiger partial charge in [0, 0.05) is 22.6 Å². The molecule has 0 aliphatic rings.